The Morgan fingerprint density at radius 3 is 2.93 bits per heavy atom. The molecule has 14 heavy (non-hydrogen) atoms. The molecule has 0 atom stereocenters. The SMILES string of the molecule is CNCc1cc(Cl)c2c(c1)OCCO2. The van der Waals surface area contributed by atoms with Gasteiger partial charge in [0, 0.05) is 6.54 Å². The van der Waals surface area contributed by atoms with Crippen LogP contribution in [-0.4, -0.2) is 20.3 Å². The number of hydrogen-bond donors (Lipinski definition) is 1. The van der Waals surface area contributed by atoms with Gasteiger partial charge in [0.25, 0.3) is 0 Å². The highest BCUT2D eigenvalue weighted by atomic mass is 35.5. The summed E-state index contributed by atoms with van der Waals surface area (Å²) in [6.07, 6.45) is 0. The summed E-state index contributed by atoms with van der Waals surface area (Å²) < 4.78 is 10.9. The second-order valence-corrected chi connectivity index (χ2v) is 3.54. The van der Waals surface area contributed by atoms with Gasteiger partial charge >= 0.3 is 0 Å². The highest BCUT2D eigenvalue weighted by Crippen LogP contribution is 2.38. The zero-order valence-electron chi connectivity index (χ0n) is 7.97. The number of hydrogen-bond acceptors (Lipinski definition) is 3. The maximum atomic E-state index is 6.05. The van der Waals surface area contributed by atoms with Crippen LogP contribution in [0.4, 0.5) is 0 Å². The van der Waals surface area contributed by atoms with E-state index in [1.807, 2.05) is 19.2 Å². The summed E-state index contributed by atoms with van der Waals surface area (Å²) in [7, 11) is 1.89. The highest BCUT2D eigenvalue weighted by molar-refractivity contribution is 6.32. The molecule has 1 aliphatic heterocycles. The summed E-state index contributed by atoms with van der Waals surface area (Å²) in [5.74, 6) is 1.41. The van der Waals surface area contributed by atoms with Crippen LogP contribution in [0.1, 0.15) is 5.56 Å². The van der Waals surface area contributed by atoms with Gasteiger partial charge in [-0.15, -0.1) is 0 Å². The van der Waals surface area contributed by atoms with E-state index >= 15 is 0 Å². The smallest absolute Gasteiger partial charge is 0.179 e. The Bertz CT molecular complexity index is 341. The zero-order valence-corrected chi connectivity index (χ0v) is 8.73. The zero-order chi connectivity index (χ0) is 9.97. The van der Waals surface area contributed by atoms with Crippen LogP contribution in [0.15, 0.2) is 12.1 Å². The van der Waals surface area contributed by atoms with Crippen molar-refractivity contribution < 1.29 is 9.47 Å². The van der Waals surface area contributed by atoms with E-state index in [9.17, 15) is 0 Å². The van der Waals surface area contributed by atoms with E-state index in [2.05, 4.69) is 5.32 Å². The summed E-state index contributed by atoms with van der Waals surface area (Å²) in [6, 6.07) is 3.85. The Morgan fingerprint density at radius 2 is 2.14 bits per heavy atom. The van der Waals surface area contributed by atoms with Gasteiger partial charge in [-0.05, 0) is 24.7 Å². The number of rotatable bonds is 2. The van der Waals surface area contributed by atoms with Gasteiger partial charge < -0.3 is 14.8 Å². The van der Waals surface area contributed by atoms with Crippen molar-refractivity contribution in [2.75, 3.05) is 20.3 Å². The second kappa shape index (κ2) is 4.07. The van der Waals surface area contributed by atoms with Gasteiger partial charge in [-0.1, -0.05) is 11.6 Å². The molecular formula is C10H12ClNO2. The van der Waals surface area contributed by atoms with Crippen molar-refractivity contribution in [1.29, 1.82) is 0 Å². The number of ether oxygens (including phenoxy) is 2. The fourth-order valence-electron chi connectivity index (χ4n) is 1.47. The Kier molecular flexibility index (Phi) is 2.79. The topological polar surface area (TPSA) is 30.5 Å². The minimum Gasteiger partial charge on any atom is -0.486 e. The summed E-state index contributed by atoms with van der Waals surface area (Å²) in [5, 5.41) is 3.68. The molecule has 1 aromatic rings. The Balaban J connectivity index is 2.36. The van der Waals surface area contributed by atoms with E-state index in [0.717, 1.165) is 17.9 Å². The Hall–Kier alpha value is -0.930. The maximum absolute atomic E-state index is 6.05. The molecule has 0 radical (unpaired) electrons. The van der Waals surface area contributed by atoms with Crippen molar-refractivity contribution >= 4 is 11.6 Å². The van der Waals surface area contributed by atoms with Gasteiger partial charge in [-0.25, -0.2) is 0 Å². The molecule has 0 spiro atoms. The minimum atomic E-state index is 0.568. The first-order valence-electron chi connectivity index (χ1n) is 4.54. The minimum absolute atomic E-state index is 0.568. The van der Waals surface area contributed by atoms with E-state index in [0.29, 0.717) is 24.0 Å². The van der Waals surface area contributed by atoms with E-state index in [1.54, 1.807) is 0 Å². The third-order valence-corrected chi connectivity index (χ3v) is 2.32. The number of nitrogens with one attached hydrogen (secondary N) is 1. The van der Waals surface area contributed by atoms with Gasteiger partial charge in [0.05, 0.1) is 5.02 Å². The molecule has 0 saturated carbocycles. The van der Waals surface area contributed by atoms with Gasteiger partial charge in [0.2, 0.25) is 0 Å². The molecule has 4 heteroatoms. The lowest BCUT2D eigenvalue weighted by atomic mass is 10.2. The molecule has 0 saturated heterocycles. The van der Waals surface area contributed by atoms with Crippen LogP contribution in [0.3, 0.4) is 0 Å². The molecule has 0 amide bonds. The molecule has 76 valence electrons. The molecule has 1 N–H and O–H groups in total. The lowest BCUT2D eigenvalue weighted by Crippen LogP contribution is -2.16. The van der Waals surface area contributed by atoms with Crippen LogP contribution in [0.25, 0.3) is 0 Å². The maximum Gasteiger partial charge on any atom is 0.179 e. The molecule has 0 fully saturated rings. The van der Waals surface area contributed by atoms with Crippen LogP contribution < -0.4 is 14.8 Å². The van der Waals surface area contributed by atoms with Gasteiger partial charge in [-0.3, -0.25) is 0 Å². The van der Waals surface area contributed by atoms with Crippen LogP contribution in [0.5, 0.6) is 11.5 Å². The standard InChI is InChI=1S/C10H12ClNO2/c1-12-6-7-4-8(11)10-9(5-7)13-2-3-14-10/h4-5,12H,2-3,6H2,1H3. The molecule has 1 aromatic carbocycles. The summed E-state index contributed by atoms with van der Waals surface area (Å²) in [5.41, 5.74) is 1.10. The Labute approximate surface area is 88.0 Å². The Morgan fingerprint density at radius 1 is 1.36 bits per heavy atom. The lowest BCUT2D eigenvalue weighted by Gasteiger charge is -2.20. The predicted molar refractivity (Wildman–Crippen MR) is 55.2 cm³/mol. The number of benzene rings is 1. The first-order valence-corrected chi connectivity index (χ1v) is 4.91. The largest absolute Gasteiger partial charge is 0.486 e. The molecule has 1 aliphatic rings. The van der Waals surface area contributed by atoms with Gasteiger partial charge in [0.15, 0.2) is 11.5 Å². The fraction of sp³-hybridized carbons (Fsp3) is 0.400. The van der Waals surface area contributed by atoms with E-state index in [4.69, 9.17) is 21.1 Å². The second-order valence-electron chi connectivity index (χ2n) is 3.13. The van der Waals surface area contributed by atoms with Crippen molar-refractivity contribution in [1.82, 2.24) is 5.32 Å². The van der Waals surface area contributed by atoms with Crippen LogP contribution in [0, 0.1) is 0 Å². The molecule has 1 heterocycles. The van der Waals surface area contributed by atoms with Gasteiger partial charge in [0.1, 0.15) is 13.2 Å². The average molecular weight is 214 g/mol. The monoisotopic (exact) mass is 213 g/mol. The van der Waals surface area contributed by atoms with Crippen molar-refractivity contribution in [3.8, 4) is 11.5 Å². The molecule has 3 nitrogen and oxygen atoms in total. The van der Waals surface area contributed by atoms with Crippen molar-refractivity contribution in [2.45, 2.75) is 6.54 Å². The molecule has 2 rings (SSSR count). The van der Waals surface area contributed by atoms with Gasteiger partial charge in [-0.2, -0.15) is 0 Å². The summed E-state index contributed by atoms with van der Waals surface area (Å²) >= 11 is 6.05. The normalized spacial score (nSPS) is 14.1. The molecule has 0 aromatic heterocycles. The third kappa shape index (κ3) is 1.79. The van der Waals surface area contributed by atoms with Crippen molar-refractivity contribution in [2.24, 2.45) is 0 Å². The van der Waals surface area contributed by atoms with Crippen LogP contribution in [-0.2, 0) is 6.54 Å². The molecule has 0 aliphatic carbocycles. The average Bonchev–Trinajstić information content (AvgIpc) is 2.18. The third-order valence-electron chi connectivity index (χ3n) is 2.04. The predicted octanol–water partition coefficient (Wildman–Crippen LogP) is 1.83. The first-order chi connectivity index (χ1) is 6.81. The van der Waals surface area contributed by atoms with Crippen LogP contribution in [0.2, 0.25) is 5.02 Å². The van der Waals surface area contributed by atoms with Crippen molar-refractivity contribution in [3.05, 3.63) is 22.7 Å². The highest BCUT2D eigenvalue weighted by Gasteiger charge is 2.16. The molecule has 0 bridgehead atoms. The quantitative estimate of drug-likeness (QED) is 0.813. The number of halogens is 1. The fourth-order valence-corrected chi connectivity index (χ4v) is 1.76. The van der Waals surface area contributed by atoms with E-state index in [1.165, 1.54) is 0 Å². The van der Waals surface area contributed by atoms with Crippen LogP contribution >= 0.6 is 11.6 Å². The number of fused-ring (bicyclic) bond motifs is 1. The molecular weight excluding hydrogens is 202 g/mol. The van der Waals surface area contributed by atoms with E-state index < -0.39 is 0 Å². The molecule has 0 unspecified atom stereocenters. The first kappa shape index (κ1) is 9.62. The summed E-state index contributed by atoms with van der Waals surface area (Å²) in [6.45, 7) is 1.93. The summed E-state index contributed by atoms with van der Waals surface area (Å²) in [4.78, 5) is 0. The van der Waals surface area contributed by atoms with E-state index in [-0.39, 0.29) is 0 Å². The van der Waals surface area contributed by atoms with Crippen molar-refractivity contribution in [3.63, 3.8) is 0 Å². The lowest BCUT2D eigenvalue weighted by molar-refractivity contribution is 0.171.